The summed E-state index contributed by atoms with van der Waals surface area (Å²) in [4.78, 5) is 25.0. The van der Waals surface area contributed by atoms with Gasteiger partial charge in [-0.3, -0.25) is 14.7 Å². The predicted molar refractivity (Wildman–Crippen MR) is 132 cm³/mol. The minimum Gasteiger partial charge on any atom is -0.454 e. The first kappa shape index (κ1) is 23.5. The molecular formula is C25H31N5O5. The van der Waals surface area contributed by atoms with Crippen LogP contribution >= 0.6 is 0 Å². The molecule has 10 heteroatoms. The van der Waals surface area contributed by atoms with E-state index in [9.17, 15) is 4.79 Å². The third-order valence-electron chi connectivity index (χ3n) is 6.13. The van der Waals surface area contributed by atoms with Crippen LogP contribution in [0.25, 0.3) is 22.3 Å². The Morgan fingerprint density at radius 3 is 2.80 bits per heavy atom. The Bertz CT molecular complexity index is 1220. The maximum atomic E-state index is 13.4. The number of ether oxygens (including phenoxy) is 4. The van der Waals surface area contributed by atoms with Crippen molar-refractivity contribution < 1.29 is 18.9 Å². The van der Waals surface area contributed by atoms with E-state index < -0.39 is 0 Å². The van der Waals surface area contributed by atoms with E-state index in [1.54, 1.807) is 10.8 Å². The van der Waals surface area contributed by atoms with Crippen LogP contribution in [0.1, 0.15) is 13.3 Å². The maximum Gasteiger partial charge on any atom is 0.293 e. The van der Waals surface area contributed by atoms with Crippen molar-refractivity contribution in [3.63, 3.8) is 0 Å². The van der Waals surface area contributed by atoms with E-state index in [4.69, 9.17) is 18.9 Å². The van der Waals surface area contributed by atoms with Crippen molar-refractivity contribution in [2.75, 3.05) is 64.7 Å². The summed E-state index contributed by atoms with van der Waals surface area (Å²) < 4.78 is 23.8. The highest BCUT2D eigenvalue weighted by molar-refractivity contribution is 5.80. The maximum absolute atomic E-state index is 13.4. The number of anilines is 1. The molecular weight excluding hydrogens is 450 g/mol. The number of morpholine rings is 1. The van der Waals surface area contributed by atoms with Crippen molar-refractivity contribution in [3.05, 3.63) is 40.8 Å². The number of pyridine rings is 1. The molecule has 2 aromatic heterocycles. The molecule has 0 spiro atoms. The van der Waals surface area contributed by atoms with Crippen LogP contribution in [0.15, 0.2) is 35.3 Å². The van der Waals surface area contributed by atoms with Crippen LogP contribution in [0, 0.1) is 0 Å². The molecule has 35 heavy (non-hydrogen) atoms. The molecule has 0 saturated carbocycles. The van der Waals surface area contributed by atoms with E-state index in [1.165, 1.54) is 0 Å². The Labute approximate surface area is 203 Å². The van der Waals surface area contributed by atoms with Crippen molar-refractivity contribution in [2.24, 2.45) is 0 Å². The summed E-state index contributed by atoms with van der Waals surface area (Å²) in [6, 6.07) is 7.61. The van der Waals surface area contributed by atoms with Gasteiger partial charge in [0.25, 0.3) is 5.56 Å². The molecule has 4 heterocycles. The van der Waals surface area contributed by atoms with Crippen molar-refractivity contribution >= 4 is 16.9 Å². The van der Waals surface area contributed by atoms with E-state index in [1.807, 2.05) is 24.3 Å². The summed E-state index contributed by atoms with van der Waals surface area (Å²) in [7, 11) is 0. The van der Waals surface area contributed by atoms with Crippen LogP contribution in [-0.2, 0) is 16.0 Å². The fourth-order valence-corrected chi connectivity index (χ4v) is 4.26. The minimum absolute atomic E-state index is 0.164. The van der Waals surface area contributed by atoms with Crippen LogP contribution < -0.4 is 20.3 Å². The van der Waals surface area contributed by atoms with Crippen molar-refractivity contribution in [2.45, 2.75) is 19.9 Å². The van der Waals surface area contributed by atoms with Crippen LogP contribution in [0.4, 0.5) is 5.82 Å². The standard InChI is InChI=1S/C25H31N5O5/c1-2-10-32-13-9-30-21-15-19(18-3-4-22-23(14-18)35-17-34-22)27-16-20(21)28-24(25(30)31)26-5-6-29-7-11-33-12-8-29/h3-4,14-16H,2,5-13,17H2,1H3,(H,26,28). The second-order valence-corrected chi connectivity index (χ2v) is 8.54. The van der Waals surface area contributed by atoms with Gasteiger partial charge in [0.2, 0.25) is 6.79 Å². The number of nitrogens with zero attached hydrogens (tertiary/aromatic N) is 4. The summed E-state index contributed by atoms with van der Waals surface area (Å²) in [6.07, 6.45) is 2.64. The first-order chi connectivity index (χ1) is 17.2. The lowest BCUT2D eigenvalue weighted by Gasteiger charge is -2.26. The minimum atomic E-state index is -0.164. The van der Waals surface area contributed by atoms with Crippen LogP contribution in [-0.4, -0.2) is 78.8 Å². The lowest BCUT2D eigenvalue weighted by molar-refractivity contribution is 0.0398. The van der Waals surface area contributed by atoms with Crippen LogP contribution in [0.5, 0.6) is 11.5 Å². The smallest absolute Gasteiger partial charge is 0.293 e. The average molecular weight is 482 g/mol. The second-order valence-electron chi connectivity index (χ2n) is 8.54. The van der Waals surface area contributed by atoms with Gasteiger partial charge in [0.05, 0.1) is 37.2 Å². The van der Waals surface area contributed by atoms with Gasteiger partial charge in [-0.25, -0.2) is 4.98 Å². The molecule has 1 fully saturated rings. The van der Waals surface area contributed by atoms with Gasteiger partial charge in [-0.05, 0) is 30.7 Å². The lowest BCUT2D eigenvalue weighted by Crippen LogP contribution is -2.39. The van der Waals surface area contributed by atoms with Crippen molar-refractivity contribution in [1.29, 1.82) is 0 Å². The molecule has 2 aliphatic heterocycles. The molecule has 1 saturated heterocycles. The number of nitrogens with one attached hydrogen (secondary N) is 1. The highest BCUT2D eigenvalue weighted by atomic mass is 16.7. The fraction of sp³-hybridized carbons (Fsp3) is 0.480. The number of rotatable bonds is 10. The number of aromatic nitrogens is 3. The van der Waals surface area contributed by atoms with Gasteiger partial charge in [-0.15, -0.1) is 0 Å². The summed E-state index contributed by atoms with van der Waals surface area (Å²) in [5.41, 5.74) is 2.82. The third-order valence-corrected chi connectivity index (χ3v) is 6.13. The molecule has 0 atom stereocenters. The zero-order valence-corrected chi connectivity index (χ0v) is 20.0. The number of hydrogen-bond donors (Lipinski definition) is 1. The van der Waals surface area contributed by atoms with Gasteiger partial charge in [-0.1, -0.05) is 6.92 Å². The Morgan fingerprint density at radius 2 is 1.94 bits per heavy atom. The highest BCUT2D eigenvalue weighted by Crippen LogP contribution is 2.35. The Hall–Kier alpha value is -3.21. The molecule has 10 nitrogen and oxygen atoms in total. The zero-order valence-electron chi connectivity index (χ0n) is 20.0. The zero-order chi connectivity index (χ0) is 24.0. The van der Waals surface area contributed by atoms with Crippen molar-refractivity contribution in [1.82, 2.24) is 19.4 Å². The summed E-state index contributed by atoms with van der Waals surface area (Å²) in [5, 5.41) is 3.24. The van der Waals surface area contributed by atoms with Gasteiger partial charge in [0.1, 0.15) is 5.52 Å². The van der Waals surface area contributed by atoms with Gasteiger partial charge in [0.15, 0.2) is 17.3 Å². The Morgan fingerprint density at radius 1 is 1.09 bits per heavy atom. The largest absolute Gasteiger partial charge is 0.454 e. The molecule has 0 aliphatic carbocycles. The molecule has 0 amide bonds. The normalized spacial score (nSPS) is 15.6. The van der Waals surface area contributed by atoms with E-state index in [-0.39, 0.29) is 12.4 Å². The summed E-state index contributed by atoms with van der Waals surface area (Å²) >= 11 is 0. The van der Waals surface area contributed by atoms with E-state index in [0.717, 1.165) is 56.0 Å². The van der Waals surface area contributed by atoms with E-state index >= 15 is 0 Å². The van der Waals surface area contributed by atoms with E-state index in [2.05, 4.69) is 27.1 Å². The summed E-state index contributed by atoms with van der Waals surface area (Å²) in [5.74, 6) is 1.74. The lowest BCUT2D eigenvalue weighted by atomic mass is 10.1. The molecule has 2 aliphatic rings. The monoisotopic (exact) mass is 481 g/mol. The van der Waals surface area contributed by atoms with Crippen molar-refractivity contribution in [3.8, 4) is 22.8 Å². The molecule has 1 aromatic carbocycles. The topological polar surface area (TPSA) is 100.0 Å². The molecule has 0 unspecified atom stereocenters. The van der Waals surface area contributed by atoms with Gasteiger partial charge < -0.3 is 28.8 Å². The summed E-state index contributed by atoms with van der Waals surface area (Å²) in [6.45, 7) is 8.56. The Kier molecular flexibility index (Phi) is 7.41. The van der Waals surface area contributed by atoms with E-state index in [0.29, 0.717) is 49.1 Å². The van der Waals surface area contributed by atoms with Crippen LogP contribution in [0.3, 0.4) is 0 Å². The number of hydrogen-bond acceptors (Lipinski definition) is 9. The molecule has 0 radical (unpaired) electrons. The molecule has 3 aromatic rings. The van der Waals surface area contributed by atoms with Gasteiger partial charge in [0, 0.05) is 44.9 Å². The molecule has 0 bridgehead atoms. The first-order valence-electron chi connectivity index (χ1n) is 12.2. The number of fused-ring (bicyclic) bond motifs is 2. The van der Waals surface area contributed by atoms with Crippen LogP contribution in [0.2, 0.25) is 0 Å². The SMILES string of the molecule is CCCOCCn1c(=O)c(NCCN2CCOCC2)nc2cnc(-c3ccc4c(c3)OCO4)cc21. The second kappa shape index (κ2) is 11.0. The van der Waals surface area contributed by atoms with Gasteiger partial charge >= 0.3 is 0 Å². The predicted octanol–water partition coefficient (Wildman–Crippen LogP) is 2.36. The fourth-order valence-electron chi connectivity index (χ4n) is 4.26. The first-order valence-corrected chi connectivity index (χ1v) is 12.2. The quantitative estimate of drug-likeness (QED) is 0.438. The number of benzene rings is 1. The average Bonchev–Trinajstić information content (AvgIpc) is 3.36. The molecule has 5 rings (SSSR count). The highest BCUT2D eigenvalue weighted by Gasteiger charge is 2.17. The van der Waals surface area contributed by atoms with Gasteiger partial charge in [-0.2, -0.15) is 0 Å². The molecule has 186 valence electrons. The Balaban J connectivity index is 1.43. The molecule has 1 N–H and O–H groups in total. The third kappa shape index (κ3) is 5.39.